The average Bonchev–Trinajstić information content (AvgIpc) is 2.63. The second-order valence-electron chi connectivity index (χ2n) is 5.14. The van der Waals surface area contributed by atoms with Crippen molar-refractivity contribution in [3.05, 3.63) is 40.5 Å². The molecular formula is C14H14ClNO2. The fourth-order valence-corrected chi connectivity index (χ4v) is 1.57. The Morgan fingerprint density at radius 1 is 1.22 bits per heavy atom. The standard InChI is InChI=1S/C14H14ClNO2/c1-14(2,3)13-16-11(12(17)18-13)8-9-4-6-10(15)7-5-9/h4-8H,1-3H3/b11-8-. The second-order valence-corrected chi connectivity index (χ2v) is 5.57. The van der Waals surface area contributed by atoms with Crippen LogP contribution in [0.15, 0.2) is 35.0 Å². The number of hydrogen-bond donors (Lipinski definition) is 0. The van der Waals surface area contributed by atoms with Gasteiger partial charge in [0.05, 0.1) is 0 Å². The van der Waals surface area contributed by atoms with E-state index in [2.05, 4.69) is 4.99 Å². The van der Waals surface area contributed by atoms with Crippen LogP contribution in [0.2, 0.25) is 5.02 Å². The third-order valence-electron chi connectivity index (χ3n) is 2.44. The van der Waals surface area contributed by atoms with Gasteiger partial charge in [0.25, 0.3) is 0 Å². The van der Waals surface area contributed by atoms with Gasteiger partial charge in [-0.1, -0.05) is 44.5 Å². The summed E-state index contributed by atoms with van der Waals surface area (Å²) in [6.07, 6.45) is 1.69. The zero-order valence-corrected chi connectivity index (χ0v) is 11.3. The molecule has 1 aromatic rings. The van der Waals surface area contributed by atoms with E-state index in [4.69, 9.17) is 16.3 Å². The lowest BCUT2D eigenvalue weighted by molar-refractivity contribution is -0.130. The summed E-state index contributed by atoms with van der Waals surface area (Å²) >= 11 is 5.80. The molecular weight excluding hydrogens is 250 g/mol. The van der Waals surface area contributed by atoms with E-state index < -0.39 is 5.97 Å². The van der Waals surface area contributed by atoms with Crippen molar-refractivity contribution in [1.29, 1.82) is 0 Å². The minimum absolute atomic E-state index is 0.273. The van der Waals surface area contributed by atoms with Crippen molar-refractivity contribution < 1.29 is 9.53 Å². The predicted molar refractivity (Wildman–Crippen MR) is 72.4 cm³/mol. The van der Waals surface area contributed by atoms with Crippen molar-refractivity contribution in [3.63, 3.8) is 0 Å². The van der Waals surface area contributed by atoms with Crippen molar-refractivity contribution >= 4 is 29.5 Å². The number of aliphatic imine (C=N–C) groups is 1. The van der Waals surface area contributed by atoms with E-state index in [9.17, 15) is 4.79 Å². The van der Waals surface area contributed by atoms with Gasteiger partial charge in [0.2, 0.25) is 5.90 Å². The number of cyclic esters (lactones) is 1. The van der Waals surface area contributed by atoms with E-state index in [1.54, 1.807) is 18.2 Å². The molecule has 0 radical (unpaired) electrons. The highest BCUT2D eigenvalue weighted by Gasteiger charge is 2.31. The van der Waals surface area contributed by atoms with Gasteiger partial charge < -0.3 is 4.74 Å². The van der Waals surface area contributed by atoms with Gasteiger partial charge in [-0.25, -0.2) is 9.79 Å². The third-order valence-corrected chi connectivity index (χ3v) is 2.69. The van der Waals surface area contributed by atoms with Gasteiger partial charge in [0.1, 0.15) is 0 Å². The largest absolute Gasteiger partial charge is 0.406 e. The normalized spacial score (nSPS) is 17.9. The van der Waals surface area contributed by atoms with Crippen LogP contribution in [-0.2, 0) is 9.53 Å². The van der Waals surface area contributed by atoms with Gasteiger partial charge >= 0.3 is 5.97 Å². The molecule has 0 fully saturated rings. The first kappa shape index (κ1) is 12.8. The van der Waals surface area contributed by atoms with E-state index in [0.29, 0.717) is 16.6 Å². The van der Waals surface area contributed by atoms with Crippen LogP contribution in [0.3, 0.4) is 0 Å². The number of halogens is 1. The van der Waals surface area contributed by atoms with Gasteiger partial charge in [0, 0.05) is 10.4 Å². The van der Waals surface area contributed by atoms with Gasteiger partial charge in [0.15, 0.2) is 5.70 Å². The first-order chi connectivity index (χ1) is 8.36. The number of ether oxygens (including phenoxy) is 1. The van der Waals surface area contributed by atoms with E-state index >= 15 is 0 Å². The summed E-state index contributed by atoms with van der Waals surface area (Å²) in [6, 6.07) is 7.19. The zero-order valence-electron chi connectivity index (χ0n) is 10.5. The number of carbonyl (C=O) groups is 1. The lowest BCUT2D eigenvalue weighted by atomic mass is 9.97. The van der Waals surface area contributed by atoms with Crippen LogP contribution in [0.1, 0.15) is 26.3 Å². The highest BCUT2D eigenvalue weighted by Crippen LogP contribution is 2.25. The van der Waals surface area contributed by atoms with E-state index in [0.717, 1.165) is 5.56 Å². The summed E-state index contributed by atoms with van der Waals surface area (Å²) in [5.74, 6) is 0.0441. The van der Waals surface area contributed by atoms with Crippen LogP contribution in [0, 0.1) is 5.41 Å². The number of nitrogens with zero attached hydrogens (tertiary/aromatic N) is 1. The maximum absolute atomic E-state index is 11.7. The minimum Gasteiger partial charge on any atom is -0.406 e. The molecule has 0 bridgehead atoms. The first-order valence-electron chi connectivity index (χ1n) is 5.65. The Balaban J connectivity index is 2.31. The van der Waals surface area contributed by atoms with Crippen molar-refractivity contribution in [2.45, 2.75) is 20.8 Å². The van der Waals surface area contributed by atoms with E-state index in [-0.39, 0.29) is 5.41 Å². The summed E-state index contributed by atoms with van der Waals surface area (Å²) in [6.45, 7) is 5.85. The van der Waals surface area contributed by atoms with Crippen LogP contribution in [0.25, 0.3) is 6.08 Å². The molecule has 0 amide bonds. The summed E-state index contributed by atoms with van der Waals surface area (Å²) in [5.41, 5.74) is 0.915. The Morgan fingerprint density at radius 2 is 1.83 bits per heavy atom. The van der Waals surface area contributed by atoms with Crippen LogP contribution in [-0.4, -0.2) is 11.9 Å². The fourth-order valence-electron chi connectivity index (χ4n) is 1.45. The zero-order chi connectivity index (χ0) is 13.3. The number of rotatable bonds is 1. The SMILES string of the molecule is CC(C)(C)C1=N/C(=C\c2ccc(Cl)cc2)C(=O)O1. The van der Waals surface area contributed by atoms with Gasteiger partial charge in [-0.05, 0) is 23.8 Å². The molecule has 3 nitrogen and oxygen atoms in total. The average molecular weight is 264 g/mol. The summed E-state index contributed by atoms with van der Waals surface area (Å²) < 4.78 is 5.15. The Bertz CT molecular complexity index is 536. The second kappa shape index (κ2) is 4.58. The molecule has 94 valence electrons. The molecule has 18 heavy (non-hydrogen) atoms. The van der Waals surface area contributed by atoms with Crippen LogP contribution in [0.5, 0.6) is 0 Å². The highest BCUT2D eigenvalue weighted by atomic mass is 35.5. The Labute approximate surface area is 111 Å². The number of esters is 1. The van der Waals surface area contributed by atoms with E-state index in [1.807, 2.05) is 32.9 Å². The van der Waals surface area contributed by atoms with Gasteiger partial charge in [-0.2, -0.15) is 0 Å². The Hall–Kier alpha value is -1.61. The van der Waals surface area contributed by atoms with Crippen molar-refractivity contribution in [3.8, 4) is 0 Å². The van der Waals surface area contributed by atoms with Crippen LogP contribution in [0.4, 0.5) is 0 Å². The fraction of sp³-hybridized carbons (Fsp3) is 0.286. The highest BCUT2D eigenvalue weighted by molar-refractivity contribution is 6.30. The van der Waals surface area contributed by atoms with E-state index in [1.165, 1.54) is 0 Å². The summed E-state index contributed by atoms with van der Waals surface area (Å²) in [4.78, 5) is 15.9. The quantitative estimate of drug-likeness (QED) is 0.573. The van der Waals surface area contributed by atoms with Gasteiger partial charge in [-0.3, -0.25) is 0 Å². The topological polar surface area (TPSA) is 38.7 Å². The monoisotopic (exact) mass is 263 g/mol. The predicted octanol–water partition coefficient (Wildman–Crippen LogP) is 3.68. The molecule has 1 aliphatic heterocycles. The van der Waals surface area contributed by atoms with Crippen LogP contribution >= 0.6 is 11.6 Å². The first-order valence-corrected chi connectivity index (χ1v) is 6.03. The number of carbonyl (C=O) groups excluding carboxylic acids is 1. The molecule has 0 spiro atoms. The molecule has 2 rings (SSSR count). The Kier molecular flexibility index (Phi) is 3.26. The molecule has 1 heterocycles. The molecule has 1 aliphatic rings. The lowest BCUT2D eigenvalue weighted by Crippen LogP contribution is -2.21. The van der Waals surface area contributed by atoms with Crippen LogP contribution < -0.4 is 0 Å². The molecule has 0 N–H and O–H groups in total. The number of hydrogen-bond acceptors (Lipinski definition) is 3. The lowest BCUT2D eigenvalue weighted by Gasteiger charge is -2.15. The maximum atomic E-state index is 11.7. The van der Waals surface area contributed by atoms with Crippen molar-refractivity contribution in [2.75, 3.05) is 0 Å². The smallest absolute Gasteiger partial charge is 0.363 e. The molecule has 0 saturated heterocycles. The van der Waals surface area contributed by atoms with Gasteiger partial charge in [-0.15, -0.1) is 0 Å². The molecule has 0 aromatic heterocycles. The minimum atomic E-state index is -0.408. The number of benzene rings is 1. The molecule has 0 saturated carbocycles. The maximum Gasteiger partial charge on any atom is 0.363 e. The third kappa shape index (κ3) is 2.79. The summed E-state index contributed by atoms with van der Waals surface area (Å²) in [7, 11) is 0. The molecule has 0 atom stereocenters. The van der Waals surface area contributed by atoms with Crippen molar-refractivity contribution in [2.24, 2.45) is 10.4 Å². The molecule has 1 aromatic carbocycles. The molecule has 4 heteroatoms. The molecule has 0 unspecified atom stereocenters. The molecule has 0 aliphatic carbocycles. The summed E-state index contributed by atoms with van der Waals surface area (Å²) in [5, 5.41) is 0.657. The Morgan fingerprint density at radius 3 is 2.33 bits per heavy atom. The van der Waals surface area contributed by atoms with Crippen molar-refractivity contribution in [1.82, 2.24) is 0 Å².